The number of anilines is 1. The predicted molar refractivity (Wildman–Crippen MR) is 67.1 cm³/mol. The Balaban J connectivity index is 2.37. The van der Waals surface area contributed by atoms with E-state index in [9.17, 15) is 27.6 Å². The number of hydrogen-bond donors (Lipinski definition) is 3. The predicted octanol–water partition coefficient (Wildman–Crippen LogP) is 1.33. The molecule has 0 unspecified atom stereocenters. The van der Waals surface area contributed by atoms with Crippen LogP contribution in [-0.2, 0) is 6.18 Å². The third-order valence-corrected chi connectivity index (χ3v) is 2.54. The molecule has 0 saturated carbocycles. The van der Waals surface area contributed by atoms with Gasteiger partial charge in [-0.3, -0.25) is 14.6 Å². The maximum absolute atomic E-state index is 12.8. The largest absolute Gasteiger partial charge is 0.418 e. The van der Waals surface area contributed by atoms with Crippen molar-refractivity contribution in [3.05, 3.63) is 62.4 Å². The van der Waals surface area contributed by atoms with Gasteiger partial charge in [0.1, 0.15) is 5.56 Å². The summed E-state index contributed by atoms with van der Waals surface area (Å²) in [5.74, 6) is -1.07. The SMILES string of the molecule is O=C(Nc1ccccc1C(F)(F)F)c1c[nH]c(=O)[nH]c1=O. The van der Waals surface area contributed by atoms with Crippen molar-refractivity contribution in [1.29, 1.82) is 0 Å². The highest BCUT2D eigenvalue weighted by Gasteiger charge is 2.33. The van der Waals surface area contributed by atoms with Crippen molar-refractivity contribution in [3.8, 4) is 0 Å². The minimum absolute atomic E-state index is 0.486. The van der Waals surface area contributed by atoms with E-state index in [1.165, 1.54) is 12.1 Å². The highest BCUT2D eigenvalue weighted by molar-refractivity contribution is 6.04. The van der Waals surface area contributed by atoms with Crippen LogP contribution in [0.4, 0.5) is 18.9 Å². The van der Waals surface area contributed by atoms with E-state index in [1.54, 1.807) is 4.98 Å². The van der Waals surface area contributed by atoms with Gasteiger partial charge >= 0.3 is 11.9 Å². The van der Waals surface area contributed by atoms with Gasteiger partial charge in [-0.05, 0) is 12.1 Å². The van der Waals surface area contributed by atoms with E-state index in [4.69, 9.17) is 0 Å². The van der Waals surface area contributed by atoms with Crippen LogP contribution in [0.25, 0.3) is 0 Å². The lowest BCUT2D eigenvalue weighted by Gasteiger charge is -2.13. The fraction of sp³-hybridized carbons (Fsp3) is 0.0833. The zero-order valence-electron chi connectivity index (χ0n) is 10.2. The molecule has 0 aliphatic rings. The van der Waals surface area contributed by atoms with Gasteiger partial charge in [-0.1, -0.05) is 12.1 Å². The second-order valence-corrected chi connectivity index (χ2v) is 3.98. The van der Waals surface area contributed by atoms with Gasteiger partial charge in [0.15, 0.2) is 0 Å². The molecule has 0 saturated heterocycles. The van der Waals surface area contributed by atoms with Crippen LogP contribution in [0, 0.1) is 0 Å². The highest BCUT2D eigenvalue weighted by Crippen LogP contribution is 2.34. The molecule has 21 heavy (non-hydrogen) atoms. The standard InChI is InChI=1S/C12H8F3N3O3/c13-12(14,15)7-3-1-2-4-8(7)17-9(19)6-5-16-11(21)18-10(6)20/h1-5H,(H,17,19)(H2,16,18,20,21). The molecule has 0 aliphatic heterocycles. The van der Waals surface area contributed by atoms with Crippen LogP contribution in [0.1, 0.15) is 15.9 Å². The van der Waals surface area contributed by atoms with Gasteiger partial charge in [-0.2, -0.15) is 13.2 Å². The molecule has 0 radical (unpaired) electrons. The quantitative estimate of drug-likeness (QED) is 0.780. The minimum atomic E-state index is -4.65. The Morgan fingerprint density at radius 3 is 2.43 bits per heavy atom. The molecule has 3 N–H and O–H groups in total. The molecular formula is C12H8F3N3O3. The Hall–Kier alpha value is -2.84. The summed E-state index contributed by atoms with van der Waals surface area (Å²) in [6.07, 6.45) is -3.83. The van der Waals surface area contributed by atoms with Crippen molar-refractivity contribution in [2.75, 3.05) is 5.32 Å². The lowest BCUT2D eigenvalue weighted by atomic mass is 10.1. The number of H-pyrrole nitrogens is 2. The van der Waals surface area contributed by atoms with Crippen LogP contribution in [-0.4, -0.2) is 15.9 Å². The minimum Gasteiger partial charge on any atom is -0.321 e. The highest BCUT2D eigenvalue weighted by atomic mass is 19.4. The van der Waals surface area contributed by atoms with Crippen molar-refractivity contribution in [2.45, 2.75) is 6.18 Å². The van der Waals surface area contributed by atoms with Crippen LogP contribution in [0.3, 0.4) is 0 Å². The first-order valence-electron chi connectivity index (χ1n) is 5.58. The fourth-order valence-corrected chi connectivity index (χ4v) is 1.61. The van der Waals surface area contributed by atoms with Crippen molar-refractivity contribution in [3.63, 3.8) is 0 Å². The Kier molecular flexibility index (Phi) is 3.66. The van der Waals surface area contributed by atoms with Crippen LogP contribution >= 0.6 is 0 Å². The number of para-hydroxylation sites is 1. The number of nitrogens with one attached hydrogen (secondary N) is 3. The number of hydrogen-bond acceptors (Lipinski definition) is 3. The zero-order valence-corrected chi connectivity index (χ0v) is 10.2. The van der Waals surface area contributed by atoms with E-state index in [0.29, 0.717) is 0 Å². The monoisotopic (exact) mass is 299 g/mol. The number of aromatic nitrogens is 2. The summed E-state index contributed by atoms with van der Waals surface area (Å²) in [5.41, 5.74) is -3.86. The number of amides is 1. The fourth-order valence-electron chi connectivity index (χ4n) is 1.61. The summed E-state index contributed by atoms with van der Waals surface area (Å²) < 4.78 is 38.3. The van der Waals surface area contributed by atoms with Gasteiger partial charge in [0, 0.05) is 6.20 Å². The van der Waals surface area contributed by atoms with E-state index in [0.717, 1.165) is 18.3 Å². The third kappa shape index (κ3) is 3.19. The van der Waals surface area contributed by atoms with Gasteiger partial charge in [0.25, 0.3) is 11.5 Å². The number of aromatic amines is 2. The maximum Gasteiger partial charge on any atom is 0.418 e. The summed E-state index contributed by atoms with van der Waals surface area (Å²) in [4.78, 5) is 37.9. The molecule has 1 heterocycles. The normalized spacial score (nSPS) is 11.2. The van der Waals surface area contributed by atoms with Crippen LogP contribution in [0.2, 0.25) is 0 Å². The van der Waals surface area contributed by atoms with Crippen LogP contribution in [0.5, 0.6) is 0 Å². The van der Waals surface area contributed by atoms with E-state index in [2.05, 4.69) is 4.98 Å². The van der Waals surface area contributed by atoms with Crippen molar-refractivity contribution in [2.24, 2.45) is 0 Å². The maximum atomic E-state index is 12.8. The van der Waals surface area contributed by atoms with Gasteiger partial charge in [-0.15, -0.1) is 0 Å². The second-order valence-electron chi connectivity index (χ2n) is 3.98. The first kappa shape index (κ1) is 14.6. The molecule has 1 amide bonds. The van der Waals surface area contributed by atoms with Crippen molar-refractivity contribution in [1.82, 2.24) is 9.97 Å². The lowest BCUT2D eigenvalue weighted by Crippen LogP contribution is -2.30. The summed E-state index contributed by atoms with van der Waals surface area (Å²) in [7, 11) is 0. The number of rotatable bonds is 2. The Bertz CT molecular complexity index is 792. The smallest absolute Gasteiger partial charge is 0.321 e. The first-order chi connectivity index (χ1) is 9.79. The van der Waals surface area contributed by atoms with Crippen molar-refractivity contribution >= 4 is 11.6 Å². The second kappa shape index (κ2) is 5.27. The summed E-state index contributed by atoms with van der Waals surface area (Å²) in [6.45, 7) is 0. The summed E-state index contributed by atoms with van der Waals surface area (Å²) in [6, 6.07) is 4.33. The molecule has 0 fully saturated rings. The molecule has 9 heteroatoms. The Morgan fingerprint density at radius 1 is 1.14 bits per heavy atom. The van der Waals surface area contributed by atoms with Gasteiger partial charge in [0.2, 0.25) is 0 Å². The molecule has 110 valence electrons. The number of carbonyl (C=O) groups is 1. The molecular weight excluding hydrogens is 291 g/mol. The molecule has 2 rings (SSSR count). The number of carbonyl (C=O) groups excluding carboxylic acids is 1. The van der Waals surface area contributed by atoms with Crippen LogP contribution in [0.15, 0.2) is 40.1 Å². The van der Waals surface area contributed by atoms with E-state index in [1.807, 2.05) is 5.32 Å². The third-order valence-electron chi connectivity index (χ3n) is 2.54. The lowest BCUT2D eigenvalue weighted by molar-refractivity contribution is -0.136. The van der Waals surface area contributed by atoms with E-state index in [-0.39, 0.29) is 0 Å². The molecule has 2 aromatic rings. The topological polar surface area (TPSA) is 94.8 Å². The molecule has 1 aromatic heterocycles. The van der Waals surface area contributed by atoms with Crippen LogP contribution < -0.4 is 16.6 Å². The molecule has 1 aromatic carbocycles. The molecule has 6 nitrogen and oxygen atoms in total. The molecule has 0 aliphatic carbocycles. The summed E-state index contributed by atoms with van der Waals surface area (Å²) >= 11 is 0. The zero-order chi connectivity index (χ0) is 15.6. The van der Waals surface area contributed by atoms with Gasteiger partial charge in [0.05, 0.1) is 11.3 Å². The van der Waals surface area contributed by atoms with Gasteiger partial charge in [-0.25, -0.2) is 4.79 Å². The summed E-state index contributed by atoms with van der Waals surface area (Å²) in [5, 5.41) is 1.99. The first-order valence-corrected chi connectivity index (χ1v) is 5.58. The molecule has 0 spiro atoms. The van der Waals surface area contributed by atoms with Gasteiger partial charge < -0.3 is 10.3 Å². The average molecular weight is 299 g/mol. The Morgan fingerprint density at radius 2 is 1.81 bits per heavy atom. The molecule has 0 atom stereocenters. The number of benzene rings is 1. The van der Waals surface area contributed by atoms with Crippen molar-refractivity contribution < 1.29 is 18.0 Å². The average Bonchev–Trinajstić information content (AvgIpc) is 2.37. The molecule has 0 bridgehead atoms. The van der Waals surface area contributed by atoms with E-state index >= 15 is 0 Å². The number of alkyl halides is 3. The Labute approximate surface area is 114 Å². The number of halogens is 3. The van der Waals surface area contributed by atoms with E-state index < -0.39 is 40.1 Å².